The summed E-state index contributed by atoms with van der Waals surface area (Å²) in [5, 5.41) is 12.7. The number of carboxylic acid groups (broad SMARTS) is 1. The lowest BCUT2D eigenvalue weighted by Crippen LogP contribution is -2.36. The number of aliphatic carboxylic acids is 1. The van der Waals surface area contributed by atoms with Crippen LogP contribution in [-0.4, -0.2) is 23.6 Å². The molecule has 0 bridgehead atoms. The minimum absolute atomic E-state index is 0.373. The van der Waals surface area contributed by atoms with Crippen LogP contribution < -0.4 is 15.7 Å². The Balaban J connectivity index is 1.76. The monoisotopic (exact) mass is 409 g/mol. The SMILES string of the molecule is CCCc1cc(=O)oc2c(C)c(OCC(=O)NC(C(=O)O)c3ccccc3)ccc12. The highest BCUT2D eigenvalue weighted by Crippen LogP contribution is 2.29. The van der Waals surface area contributed by atoms with Crippen molar-refractivity contribution in [2.75, 3.05) is 6.61 Å². The maximum absolute atomic E-state index is 12.3. The van der Waals surface area contributed by atoms with E-state index in [-0.39, 0.29) is 6.61 Å². The first-order chi connectivity index (χ1) is 14.4. The highest BCUT2D eigenvalue weighted by molar-refractivity contribution is 5.86. The number of nitrogens with one attached hydrogen (secondary N) is 1. The summed E-state index contributed by atoms with van der Waals surface area (Å²) in [6.45, 7) is 3.41. The van der Waals surface area contributed by atoms with Gasteiger partial charge in [-0.1, -0.05) is 43.7 Å². The summed E-state index contributed by atoms with van der Waals surface area (Å²) < 4.78 is 11.0. The van der Waals surface area contributed by atoms with E-state index in [0.717, 1.165) is 23.8 Å². The molecule has 1 amide bonds. The molecule has 0 aliphatic carbocycles. The summed E-state index contributed by atoms with van der Waals surface area (Å²) in [5.41, 5.74) is 1.97. The van der Waals surface area contributed by atoms with Gasteiger partial charge in [0.2, 0.25) is 0 Å². The molecule has 0 saturated carbocycles. The molecule has 1 heterocycles. The molecule has 3 aromatic rings. The van der Waals surface area contributed by atoms with Crippen LogP contribution in [0, 0.1) is 6.92 Å². The fourth-order valence-electron chi connectivity index (χ4n) is 3.32. The zero-order valence-electron chi connectivity index (χ0n) is 16.8. The molecule has 0 fully saturated rings. The number of hydrogen-bond donors (Lipinski definition) is 2. The van der Waals surface area contributed by atoms with E-state index < -0.39 is 23.5 Å². The number of aryl methyl sites for hydroxylation is 2. The van der Waals surface area contributed by atoms with Crippen LogP contribution in [0.4, 0.5) is 0 Å². The fourth-order valence-corrected chi connectivity index (χ4v) is 3.32. The Labute approximate surface area is 173 Å². The third-order valence-corrected chi connectivity index (χ3v) is 4.76. The summed E-state index contributed by atoms with van der Waals surface area (Å²) in [4.78, 5) is 35.7. The second kappa shape index (κ2) is 9.26. The fraction of sp³-hybridized carbons (Fsp3) is 0.261. The van der Waals surface area contributed by atoms with Gasteiger partial charge >= 0.3 is 11.6 Å². The van der Waals surface area contributed by atoms with E-state index >= 15 is 0 Å². The van der Waals surface area contributed by atoms with E-state index in [1.165, 1.54) is 6.07 Å². The third kappa shape index (κ3) is 4.68. The van der Waals surface area contributed by atoms with Gasteiger partial charge in [-0.05, 0) is 36.6 Å². The van der Waals surface area contributed by atoms with Crippen molar-refractivity contribution >= 4 is 22.8 Å². The predicted octanol–water partition coefficient (Wildman–Crippen LogP) is 3.37. The van der Waals surface area contributed by atoms with Crippen molar-refractivity contribution in [1.82, 2.24) is 5.32 Å². The Hall–Kier alpha value is -3.61. The molecule has 0 spiro atoms. The molecule has 1 aromatic heterocycles. The largest absolute Gasteiger partial charge is 0.483 e. The minimum Gasteiger partial charge on any atom is -0.483 e. The highest BCUT2D eigenvalue weighted by atomic mass is 16.5. The Kier molecular flexibility index (Phi) is 6.51. The lowest BCUT2D eigenvalue weighted by atomic mass is 10.0. The van der Waals surface area contributed by atoms with Gasteiger partial charge in [0.1, 0.15) is 11.3 Å². The first-order valence-corrected chi connectivity index (χ1v) is 9.67. The van der Waals surface area contributed by atoms with Gasteiger partial charge in [-0.25, -0.2) is 9.59 Å². The van der Waals surface area contributed by atoms with E-state index in [0.29, 0.717) is 22.5 Å². The molecular formula is C23H23NO6. The maximum Gasteiger partial charge on any atom is 0.336 e. The first kappa shape index (κ1) is 21.1. The number of ether oxygens (including phenoxy) is 1. The molecule has 0 aliphatic heterocycles. The van der Waals surface area contributed by atoms with E-state index in [4.69, 9.17) is 9.15 Å². The number of hydrogen-bond acceptors (Lipinski definition) is 5. The highest BCUT2D eigenvalue weighted by Gasteiger charge is 2.22. The standard InChI is InChI=1S/C23H23NO6/c1-3-7-16-12-20(26)30-22-14(2)18(11-10-17(16)22)29-13-19(25)24-21(23(27)28)15-8-5-4-6-9-15/h4-6,8-12,21H,3,7,13H2,1-2H3,(H,24,25)(H,27,28). The molecule has 1 unspecified atom stereocenters. The molecule has 0 radical (unpaired) electrons. The van der Waals surface area contributed by atoms with Gasteiger partial charge in [-0.15, -0.1) is 0 Å². The molecule has 0 saturated heterocycles. The van der Waals surface area contributed by atoms with Gasteiger partial charge in [0.25, 0.3) is 5.91 Å². The number of benzene rings is 2. The van der Waals surface area contributed by atoms with E-state index in [9.17, 15) is 19.5 Å². The quantitative estimate of drug-likeness (QED) is 0.553. The number of fused-ring (bicyclic) bond motifs is 1. The van der Waals surface area contributed by atoms with Crippen molar-refractivity contribution < 1.29 is 23.8 Å². The van der Waals surface area contributed by atoms with Crippen LogP contribution in [0.2, 0.25) is 0 Å². The van der Waals surface area contributed by atoms with Gasteiger partial charge in [0.05, 0.1) is 0 Å². The van der Waals surface area contributed by atoms with Crippen LogP contribution in [-0.2, 0) is 16.0 Å². The second-order valence-corrected chi connectivity index (χ2v) is 6.94. The number of rotatable bonds is 8. The third-order valence-electron chi connectivity index (χ3n) is 4.76. The van der Waals surface area contributed by atoms with Crippen LogP contribution in [0.1, 0.15) is 36.1 Å². The van der Waals surface area contributed by atoms with Crippen LogP contribution in [0.15, 0.2) is 57.7 Å². The van der Waals surface area contributed by atoms with Crippen LogP contribution in [0.25, 0.3) is 11.0 Å². The molecule has 2 aromatic carbocycles. The Morgan fingerprint density at radius 3 is 2.57 bits per heavy atom. The molecule has 0 aliphatic rings. The van der Waals surface area contributed by atoms with Gasteiger partial charge in [-0.2, -0.15) is 0 Å². The van der Waals surface area contributed by atoms with Crippen molar-refractivity contribution in [3.63, 3.8) is 0 Å². The van der Waals surface area contributed by atoms with Crippen molar-refractivity contribution in [1.29, 1.82) is 0 Å². The molecule has 7 heteroatoms. The summed E-state index contributed by atoms with van der Waals surface area (Å²) >= 11 is 0. The lowest BCUT2D eigenvalue weighted by molar-refractivity contribution is -0.142. The van der Waals surface area contributed by atoms with Gasteiger partial charge in [0.15, 0.2) is 12.6 Å². The molecule has 30 heavy (non-hydrogen) atoms. The zero-order valence-corrected chi connectivity index (χ0v) is 16.8. The van der Waals surface area contributed by atoms with Crippen molar-refractivity contribution in [2.45, 2.75) is 32.7 Å². The predicted molar refractivity (Wildman–Crippen MR) is 112 cm³/mol. The van der Waals surface area contributed by atoms with E-state index in [1.807, 2.05) is 6.92 Å². The topological polar surface area (TPSA) is 106 Å². The molecule has 1 atom stereocenters. The summed E-state index contributed by atoms with van der Waals surface area (Å²) in [5.74, 6) is -1.35. The Morgan fingerprint density at radius 2 is 1.90 bits per heavy atom. The normalized spacial score (nSPS) is 11.8. The summed E-state index contributed by atoms with van der Waals surface area (Å²) in [6, 6.07) is 12.3. The minimum atomic E-state index is -1.17. The number of carbonyl (C=O) groups is 2. The van der Waals surface area contributed by atoms with Crippen molar-refractivity contribution in [2.24, 2.45) is 0 Å². The van der Waals surface area contributed by atoms with Crippen LogP contribution in [0.3, 0.4) is 0 Å². The Morgan fingerprint density at radius 1 is 1.17 bits per heavy atom. The Bertz CT molecular complexity index is 1120. The first-order valence-electron chi connectivity index (χ1n) is 9.67. The van der Waals surface area contributed by atoms with Crippen LogP contribution in [0.5, 0.6) is 5.75 Å². The van der Waals surface area contributed by atoms with Gasteiger partial charge in [0, 0.05) is 17.0 Å². The molecular weight excluding hydrogens is 386 g/mol. The molecule has 156 valence electrons. The average molecular weight is 409 g/mol. The number of carbonyl (C=O) groups excluding carboxylic acids is 1. The van der Waals surface area contributed by atoms with Crippen molar-refractivity contribution in [3.05, 3.63) is 75.6 Å². The maximum atomic E-state index is 12.3. The lowest BCUT2D eigenvalue weighted by Gasteiger charge is -2.16. The molecule has 2 N–H and O–H groups in total. The summed E-state index contributed by atoms with van der Waals surface area (Å²) in [7, 11) is 0. The zero-order chi connectivity index (χ0) is 21.7. The van der Waals surface area contributed by atoms with Crippen LogP contribution >= 0.6 is 0 Å². The van der Waals surface area contributed by atoms with Gasteiger partial charge < -0.3 is 19.6 Å². The van der Waals surface area contributed by atoms with E-state index in [2.05, 4.69) is 5.32 Å². The smallest absolute Gasteiger partial charge is 0.336 e. The molecule has 7 nitrogen and oxygen atoms in total. The second-order valence-electron chi connectivity index (χ2n) is 6.94. The number of carboxylic acids is 1. The molecule has 3 rings (SSSR count). The summed E-state index contributed by atoms with van der Waals surface area (Å²) in [6.07, 6.45) is 1.64. The van der Waals surface area contributed by atoms with Gasteiger partial charge in [-0.3, -0.25) is 4.79 Å². The van der Waals surface area contributed by atoms with Crippen molar-refractivity contribution in [3.8, 4) is 5.75 Å². The number of amides is 1. The average Bonchev–Trinajstić information content (AvgIpc) is 2.72. The van der Waals surface area contributed by atoms with E-state index in [1.54, 1.807) is 49.4 Å².